The van der Waals surface area contributed by atoms with Crippen molar-refractivity contribution in [1.29, 1.82) is 0 Å². The Morgan fingerprint density at radius 2 is 2.11 bits per heavy atom. The van der Waals surface area contributed by atoms with Crippen molar-refractivity contribution in [3.8, 4) is 0 Å². The second kappa shape index (κ2) is 7.81. The van der Waals surface area contributed by atoms with Gasteiger partial charge in [-0.2, -0.15) is 0 Å². The molecule has 0 bridgehead atoms. The molecule has 1 amide bonds. The molecular weight excluding hydrogens is 240 g/mol. The first-order valence-corrected chi connectivity index (χ1v) is 6.89. The largest absolute Gasteiger partial charge is 0.353 e. The minimum absolute atomic E-state index is 0.0169. The average molecular weight is 266 g/mol. The first-order chi connectivity index (χ1) is 9.04. The molecule has 0 aromatic heterocycles. The third-order valence-electron chi connectivity index (χ3n) is 3.35. The van der Waals surface area contributed by atoms with Gasteiger partial charge in [0.25, 0.3) is 0 Å². The average Bonchev–Trinajstić information content (AvgIpc) is 2.39. The van der Waals surface area contributed by atoms with E-state index in [9.17, 15) is 4.79 Å². The van der Waals surface area contributed by atoms with Crippen LogP contribution < -0.4 is 5.32 Å². The lowest BCUT2D eigenvalue weighted by Gasteiger charge is -2.33. The number of nitrogens with one attached hydrogen (secondary N) is 1. The van der Waals surface area contributed by atoms with Crippen LogP contribution in [0.3, 0.4) is 0 Å². The van der Waals surface area contributed by atoms with Crippen molar-refractivity contribution >= 4 is 11.9 Å². The Morgan fingerprint density at radius 3 is 2.63 bits per heavy atom. The number of hydrogen-bond acceptors (Lipinski definition) is 2. The van der Waals surface area contributed by atoms with Gasteiger partial charge >= 0.3 is 0 Å². The summed E-state index contributed by atoms with van der Waals surface area (Å²) in [6.07, 6.45) is 4.16. The first-order valence-electron chi connectivity index (χ1n) is 6.89. The molecule has 0 aromatic rings. The maximum absolute atomic E-state index is 11.6. The number of carbonyl (C=O) groups is 1. The minimum Gasteiger partial charge on any atom is -0.353 e. The number of piperidine rings is 1. The fraction of sp³-hybridized carbons (Fsp3) is 0.714. The fourth-order valence-electron chi connectivity index (χ4n) is 1.94. The third kappa shape index (κ3) is 5.32. The summed E-state index contributed by atoms with van der Waals surface area (Å²) < 4.78 is 0. The maximum Gasteiger partial charge on any atom is 0.243 e. The molecule has 1 rings (SSSR count). The topological polar surface area (TPSA) is 47.9 Å². The van der Waals surface area contributed by atoms with Gasteiger partial charge in [-0.1, -0.05) is 13.0 Å². The van der Waals surface area contributed by atoms with Gasteiger partial charge in [0.1, 0.15) is 6.54 Å². The molecule has 5 heteroatoms. The number of guanidine groups is 1. The number of nitrogens with zero attached hydrogens (tertiary/aromatic N) is 3. The molecular formula is C14H26N4O. The van der Waals surface area contributed by atoms with Gasteiger partial charge in [-0.15, -0.1) is 6.58 Å². The van der Waals surface area contributed by atoms with Crippen molar-refractivity contribution in [1.82, 2.24) is 15.1 Å². The highest BCUT2D eigenvalue weighted by molar-refractivity contribution is 5.85. The predicted molar refractivity (Wildman–Crippen MR) is 79.2 cm³/mol. The summed E-state index contributed by atoms with van der Waals surface area (Å²) in [5, 5.41) is 3.24. The van der Waals surface area contributed by atoms with Crippen LogP contribution in [0.4, 0.5) is 0 Å². The Balaban J connectivity index is 2.62. The van der Waals surface area contributed by atoms with E-state index in [0.717, 1.165) is 25.0 Å². The van der Waals surface area contributed by atoms with Crippen LogP contribution in [0, 0.1) is 5.92 Å². The van der Waals surface area contributed by atoms with E-state index in [1.807, 2.05) is 0 Å². The number of rotatable bonds is 4. The molecule has 0 unspecified atom stereocenters. The van der Waals surface area contributed by atoms with E-state index in [2.05, 4.69) is 28.7 Å². The van der Waals surface area contributed by atoms with Crippen LogP contribution in [-0.4, -0.2) is 61.9 Å². The summed E-state index contributed by atoms with van der Waals surface area (Å²) >= 11 is 0. The number of hydrogen-bond donors (Lipinski definition) is 1. The minimum atomic E-state index is 0.0169. The van der Waals surface area contributed by atoms with Crippen molar-refractivity contribution in [2.24, 2.45) is 10.9 Å². The Bertz CT molecular complexity index is 330. The number of amides is 1. The molecule has 1 heterocycles. The molecule has 0 atom stereocenters. The zero-order chi connectivity index (χ0) is 14.3. The highest BCUT2D eigenvalue weighted by Gasteiger charge is 2.18. The van der Waals surface area contributed by atoms with Crippen LogP contribution >= 0.6 is 0 Å². The summed E-state index contributed by atoms with van der Waals surface area (Å²) in [4.78, 5) is 19.8. The van der Waals surface area contributed by atoms with Gasteiger partial charge in [-0.25, -0.2) is 4.99 Å². The van der Waals surface area contributed by atoms with Crippen LogP contribution in [0.2, 0.25) is 0 Å². The van der Waals surface area contributed by atoms with Crippen LogP contribution in [-0.2, 0) is 4.79 Å². The Labute approximate surface area is 116 Å². The zero-order valence-electron chi connectivity index (χ0n) is 12.4. The van der Waals surface area contributed by atoms with Crippen molar-refractivity contribution in [2.75, 3.05) is 40.3 Å². The van der Waals surface area contributed by atoms with E-state index in [-0.39, 0.29) is 12.5 Å². The molecule has 108 valence electrons. The van der Waals surface area contributed by atoms with Crippen molar-refractivity contribution < 1.29 is 4.79 Å². The van der Waals surface area contributed by atoms with E-state index in [1.165, 1.54) is 12.8 Å². The molecule has 0 spiro atoms. The van der Waals surface area contributed by atoms with Gasteiger partial charge in [0.15, 0.2) is 5.96 Å². The van der Waals surface area contributed by atoms with E-state index >= 15 is 0 Å². The van der Waals surface area contributed by atoms with Gasteiger partial charge < -0.3 is 15.1 Å². The number of likely N-dealkylation sites (tertiary alicyclic amines) is 1. The lowest BCUT2D eigenvalue weighted by molar-refractivity contribution is -0.127. The van der Waals surface area contributed by atoms with Crippen molar-refractivity contribution in [2.45, 2.75) is 19.8 Å². The van der Waals surface area contributed by atoms with Crippen molar-refractivity contribution in [3.63, 3.8) is 0 Å². The van der Waals surface area contributed by atoms with Gasteiger partial charge in [0.2, 0.25) is 5.91 Å². The fourth-order valence-corrected chi connectivity index (χ4v) is 1.94. The molecule has 5 nitrogen and oxygen atoms in total. The molecule has 0 saturated carbocycles. The van der Waals surface area contributed by atoms with Crippen LogP contribution in [0.25, 0.3) is 0 Å². The molecule has 1 fully saturated rings. The smallest absolute Gasteiger partial charge is 0.243 e. The molecule has 0 aliphatic carbocycles. The van der Waals surface area contributed by atoms with E-state index in [4.69, 9.17) is 0 Å². The molecule has 0 aromatic carbocycles. The summed E-state index contributed by atoms with van der Waals surface area (Å²) in [6.45, 7) is 8.84. The normalized spacial score (nSPS) is 17.2. The monoisotopic (exact) mass is 266 g/mol. The Hall–Kier alpha value is -1.52. The van der Waals surface area contributed by atoms with Crippen LogP contribution in [0.1, 0.15) is 19.8 Å². The Morgan fingerprint density at radius 1 is 1.47 bits per heavy atom. The molecule has 19 heavy (non-hydrogen) atoms. The van der Waals surface area contributed by atoms with Crippen LogP contribution in [0.15, 0.2) is 17.6 Å². The van der Waals surface area contributed by atoms with Gasteiger partial charge in [0, 0.05) is 33.7 Å². The van der Waals surface area contributed by atoms with Gasteiger partial charge in [-0.3, -0.25) is 4.79 Å². The van der Waals surface area contributed by atoms with E-state index in [1.54, 1.807) is 25.1 Å². The number of aliphatic imine (C=N–C) groups is 1. The maximum atomic E-state index is 11.6. The summed E-state index contributed by atoms with van der Waals surface area (Å²) in [6, 6.07) is 0. The summed E-state index contributed by atoms with van der Waals surface area (Å²) in [7, 11) is 3.49. The third-order valence-corrected chi connectivity index (χ3v) is 3.35. The SMILES string of the molecule is C=CCNC(=NCC(=O)N(C)C)N1CCC(C)CC1. The second-order valence-electron chi connectivity index (χ2n) is 5.27. The Kier molecular flexibility index (Phi) is 6.39. The molecule has 0 radical (unpaired) electrons. The highest BCUT2D eigenvalue weighted by Crippen LogP contribution is 2.15. The molecule has 1 saturated heterocycles. The molecule has 1 N–H and O–H groups in total. The predicted octanol–water partition coefficient (Wildman–Crippen LogP) is 0.938. The van der Waals surface area contributed by atoms with Gasteiger partial charge in [-0.05, 0) is 18.8 Å². The number of likely N-dealkylation sites (N-methyl/N-ethyl adjacent to an activating group) is 1. The lowest BCUT2D eigenvalue weighted by Crippen LogP contribution is -2.46. The quantitative estimate of drug-likeness (QED) is 0.468. The zero-order valence-corrected chi connectivity index (χ0v) is 12.4. The second-order valence-corrected chi connectivity index (χ2v) is 5.27. The summed E-state index contributed by atoms with van der Waals surface area (Å²) in [5.41, 5.74) is 0. The summed E-state index contributed by atoms with van der Waals surface area (Å²) in [5.74, 6) is 1.62. The first kappa shape index (κ1) is 15.5. The molecule has 1 aliphatic heterocycles. The number of carbonyl (C=O) groups excluding carboxylic acids is 1. The lowest BCUT2D eigenvalue weighted by atomic mass is 10.00. The van der Waals surface area contributed by atoms with E-state index < -0.39 is 0 Å². The standard InChI is InChI=1S/C14H26N4O/c1-5-8-15-14(16-11-13(19)17(3)4)18-9-6-12(2)7-10-18/h5,12H,1,6-11H2,2-4H3,(H,15,16). The highest BCUT2D eigenvalue weighted by atomic mass is 16.2. The van der Waals surface area contributed by atoms with E-state index in [0.29, 0.717) is 6.54 Å². The van der Waals surface area contributed by atoms with Crippen LogP contribution in [0.5, 0.6) is 0 Å². The molecule has 1 aliphatic rings. The van der Waals surface area contributed by atoms with Gasteiger partial charge in [0.05, 0.1) is 0 Å². The van der Waals surface area contributed by atoms with Crippen molar-refractivity contribution in [3.05, 3.63) is 12.7 Å².